The molecule has 8 heteroatoms. The summed E-state index contributed by atoms with van der Waals surface area (Å²) in [6.45, 7) is 1.82. The van der Waals surface area contributed by atoms with Gasteiger partial charge in [-0.15, -0.1) is 0 Å². The minimum Gasteiger partial charge on any atom is -0.467 e. The van der Waals surface area contributed by atoms with Crippen molar-refractivity contribution in [3.05, 3.63) is 40.6 Å². The lowest BCUT2D eigenvalue weighted by atomic mass is 10.2. The summed E-state index contributed by atoms with van der Waals surface area (Å²) in [5, 5.41) is 3.09. The van der Waals surface area contributed by atoms with Gasteiger partial charge in [-0.25, -0.2) is 4.98 Å². The largest absolute Gasteiger partial charge is 0.467 e. The molecule has 20 heavy (non-hydrogen) atoms. The number of aromatic amines is 1. The Bertz CT molecular complexity index is 638. The van der Waals surface area contributed by atoms with Crippen LogP contribution < -0.4 is 16.6 Å². The number of nitrogens with one attached hydrogen (secondary N) is 2. The van der Waals surface area contributed by atoms with E-state index in [0.29, 0.717) is 10.9 Å². The van der Waals surface area contributed by atoms with Crippen LogP contribution in [0.1, 0.15) is 18.7 Å². The van der Waals surface area contributed by atoms with Crippen molar-refractivity contribution in [2.75, 3.05) is 11.5 Å². The topological polar surface area (TPSA) is 114 Å². The summed E-state index contributed by atoms with van der Waals surface area (Å²) in [7, 11) is 0. The first kappa shape index (κ1) is 14.2. The molecule has 0 aliphatic rings. The van der Waals surface area contributed by atoms with E-state index in [-0.39, 0.29) is 29.1 Å². The van der Waals surface area contributed by atoms with Crippen molar-refractivity contribution in [1.29, 1.82) is 0 Å². The second kappa shape index (κ2) is 6.29. The van der Waals surface area contributed by atoms with Crippen molar-refractivity contribution in [2.24, 2.45) is 0 Å². The van der Waals surface area contributed by atoms with Crippen molar-refractivity contribution in [3.8, 4) is 0 Å². The number of carbonyl (C=O) groups excluding carboxylic acids is 1. The molecular formula is C12H14N4O3S. The summed E-state index contributed by atoms with van der Waals surface area (Å²) in [4.78, 5) is 29.4. The van der Waals surface area contributed by atoms with Crippen LogP contribution in [0, 0.1) is 0 Å². The fourth-order valence-corrected chi connectivity index (χ4v) is 2.24. The smallest absolute Gasteiger partial charge is 0.253 e. The van der Waals surface area contributed by atoms with Gasteiger partial charge in [-0.05, 0) is 19.1 Å². The fraction of sp³-hybridized carbons (Fsp3) is 0.250. The van der Waals surface area contributed by atoms with Gasteiger partial charge in [0.2, 0.25) is 5.91 Å². The third kappa shape index (κ3) is 3.89. The van der Waals surface area contributed by atoms with Gasteiger partial charge in [0.05, 0.1) is 18.1 Å². The predicted octanol–water partition coefficient (Wildman–Crippen LogP) is 0.915. The van der Waals surface area contributed by atoms with Gasteiger partial charge in [-0.3, -0.25) is 9.59 Å². The van der Waals surface area contributed by atoms with E-state index < -0.39 is 0 Å². The molecule has 1 atom stereocenters. The highest BCUT2D eigenvalue weighted by Crippen LogP contribution is 2.14. The maximum Gasteiger partial charge on any atom is 0.253 e. The Hall–Kier alpha value is -2.22. The molecule has 0 saturated heterocycles. The van der Waals surface area contributed by atoms with Crippen LogP contribution in [0.25, 0.3) is 0 Å². The standard InChI is InChI=1S/C12H14N4O3S/c1-7(8-3-2-4-19-8)14-11(18)6-20-12-15-9(13)5-10(17)16-12/h2-5,7H,6H2,1H3,(H,14,18)(H3,13,15,16,17). The second-order valence-electron chi connectivity index (χ2n) is 4.07. The summed E-state index contributed by atoms with van der Waals surface area (Å²) in [6, 6.07) is 4.51. The van der Waals surface area contributed by atoms with Crippen LogP contribution in [0.3, 0.4) is 0 Å². The Morgan fingerprint density at radius 3 is 3.10 bits per heavy atom. The van der Waals surface area contributed by atoms with Crippen molar-refractivity contribution in [1.82, 2.24) is 15.3 Å². The Labute approximate surface area is 119 Å². The Kier molecular flexibility index (Phi) is 4.46. The van der Waals surface area contributed by atoms with Crippen molar-refractivity contribution in [3.63, 3.8) is 0 Å². The molecule has 2 aromatic rings. The molecule has 0 spiro atoms. The molecule has 2 heterocycles. The average molecular weight is 294 g/mol. The van der Waals surface area contributed by atoms with Crippen molar-refractivity contribution < 1.29 is 9.21 Å². The molecule has 0 fully saturated rings. The molecule has 0 aliphatic carbocycles. The van der Waals surface area contributed by atoms with Gasteiger partial charge in [-0.2, -0.15) is 0 Å². The molecule has 7 nitrogen and oxygen atoms in total. The van der Waals surface area contributed by atoms with Crippen LogP contribution in [-0.4, -0.2) is 21.6 Å². The molecule has 0 aliphatic heterocycles. The zero-order chi connectivity index (χ0) is 14.5. The number of aromatic nitrogens is 2. The van der Waals surface area contributed by atoms with E-state index in [9.17, 15) is 9.59 Å². The molecule has 2 rings (SSSR count). The molecule has 4 N–H and O–H groups in total. The highest BCUT2D eigenvalue weighted by molar-refractivity contribution is 7.99. The highest BCUT2D eigenvalue weighted by atomic mass is 32.2. The first-order chi connectivity index (χ1) is 9.54. The lowest BCUT2D eigenvalue weighted by Crippen LogP contribution is -2.28. The van der Waals surface area contributed by atoms with Crippen LogP contribution in [-0.2, 0) is 4.79 Å². The van der Waals surface area contributed by atoms with Crippen LogP contribution >= 0.6 is 11.8 Å². The number of nitrogens with zero attached hydrogens (tertiary/aromatic N) is 1. The lowest BCUT2D eigenvalue weighted by Gasteiger charge is -2.10. The van der Waals surface area contributed by atoms with Gasteiger partial charge in [0.1, 0.15) is 11.6 Å². The van der Waals surface area contributed by atoms with E-state index in [1.165, 1.54) is 6.07 Å². The van der Waals surface area contributed by atoms with Crippen LogP contribution in [0.4, 0.5) is 5.82 Å². The van der Waals surface area contributed by atoms with E-state index in [1.54, 1.807) is 18.4 Å². The monoisotopic (exact) mass is 294 g/mol. The summed E-state index contributed by atoms with van der Waals surface area (Å²) >= 11 is 1.11. The summed E-state index contributed by atoms with van der Waals surface area (Å²) in [5.74, 6) is 0.737. The highest BCUT2D eigenvalue weighted by Gasteiger charge is 2.12. The van der Waals surface area contributed by atoms with Gasteiger partial charge < -0.3 is 20.5 Å². The van der Waals surface area contributed by atoms with Gasteiger partial charge in [-0.1, -0.05) is 11.8 Å². The van der Waals surface area contributed by atoms with Gasteiger partial charge in [0.25, 0.3) is 5.56 Å². The molecule has 2 aromatic heterocycles. The van der Waals surface area contributed by atoms with E-state index in [4.69, 9.17) is 10.2 Å². The molecule has 1 amide bonds. The number of anilines is 1. The molecule has 0 bridgehead atoms. The Morgan fingerprint density at radius 2 is 2.45 bits per heavy atom. The number of furan rings is 1. The summed E-state index contributed by atoms with van der Waals surface area (Å²) in [6.07, 6.45) is 1.55. The number of nitrogens with two attached hydrogens (primary N) is 1. The third-order valence-corrected chi connectivity index (χ3v) is 3.30. The lowest BCUT2D eigenvalue weighted by molar-refractivity contribution is -0.119. The maximum absolute atomic E-state index is 11.8. The number of hydrogen-bond acceptors (Lipinski definition) is 6. The number of amides is 1. The van der Waals surface area contributed by atoms with Crippen LogP contribution in [0.5, 0.6) is 0 Å². The zero-order valence-corrected chi connectivity index (χ0v) is 11.6. The number of hydrogen-bond donors (Lipinski definition) is 3. The van der Waals surface area contributed by atoms with Gasteiger partial charge in [0.15, 0.2) is 5.16 Å². The first-order valence-corrected chi connectivity index (χ1v) is 6.85. The molecule has 0 saturated carbocycles. The van der Waals surface area contributed by atoms with E-state index in [1.807, 2.05) is 6.92 Å². The molecular weight excluding hydrogens is 280 g/mol. The molecule has 106 valence electrons. The van der Waals surface area contributed by atoms with Gasteiger partial charge in [0, 0.05) is 6.07 Å². The second-order valence-corrected chi connectivity index (χ2v) is 5.03. The quantitative estimate of drug-likeness (QED) is 0.558. The normalized spacial score (nSPS) is 12.1. The number of thioether (sulfide) groups is 1. The fourth-order valence-electron chi connectivity index (χ4n) is 1.55. The number of nitrogen functional groups attached to an aromatic ring is 1. The SMILES string of the molecule is CC(NC(=O)CSc1nc(N)cc(=O)[nH]1)c1ccco1. The minimum absolute atomic E-state index is 0.122. The van der Waals surface area contributed by atoms with E-state index in [0.717, 1.165) is 11.8 Å². The van der Waals surface area contributed by atoms with Gasteiger partial charge >= 0.3 is 0 Å². The average Bonchev–Trinajstić information content (AvgIpc) is 2.89. The number of rotatable bonds is 5. The van der Waals surface area contributed by atoms with Crippen LogP contribution in [0.2, 0.25) is 0 Å². The third-order valence-electron chi connectivity index (χ3n) is 2.43. The zero-order valence-electron chi connectivity index (χ0n) is 10.8. The molecule has 0 radical (unpaired) electrons. The number of carbonyl (C=O) groups is 1. The summed E-state index contributed by atoms with van der Waals surface area (Å²) < 4.78 is 5.19. The Balaban J connectivity index is 1.87. The molecule has 1 unspecified atom stereocenters. The first-order valence-electron chi connectivity index (χ1n) is 5.87. The van der Waals surface area contributed by atoms with Crippen molar-refractivity contribution in [2.45, 2.75) is 18.1 Å². The van der Waals surface area contributed by atoms with E-state index >= 15 is 0 Å². The minimum atomic E-state index is -0.343. The maximum atomic E-state index is 11.8. The Morgan fingerprint density at radius 1 is 1.65 bits per heavy atom. The summed E-state index contributed by atoms with van der Waals surface area (Å²) in [5.41, 5.74) is 5.11. The number of H-pyrrole nitrogens is 1. The van der Waals surface area contributed by atoms with E-state index in [2.05, 4.69) is 15.3 Å². The predicted molar refractivity (Wildman–Crippen MR) is 75.3 cm³/mol. The van der Waals surface area contributed by atoms with Crippen LogP contribution in [0.15, 0.2) is 38.8 Å². The molecule has 0 aromatic carbocycles. The van der Waals surface area contributed by atoms with Crippen molar-refractivity contribution >= 4 is 23.5 Å².